The van der Waals surface area contributed by atoms with Crippen LogP contribution in [0.15, 0.2) is 34.8 Å². The number of alkyl halides is 3. The smallest absolute Gasteiger partial charge is 0.339 e. The van der Waals surface area contributed by atoms with Crippen molar-refractivity contribution in [1.82, 2.24) is 4.98 Å². The van der Waals surface area contributed by atoms with E-state index in [1.165, 1.54) is 0 Å². The molecular formula is C12H6BrCl2F3N2. The molecule has 1 aromatic heterocycles. The molecule has 0 radical (unpaired) electrons. The molecular weight excluding hydrogens is 380 g/mol. The lowest BCUT2D eigenvalue weighted by atomic mass is 10.2. The van der Waals surface area contributed by atoms with Gasteiger partial charge in [-0.2, -0.15) is 13.2 Å². The number of benzene rings is 1. The average molecular weight is 386 g/mol. The Morgan fingerprint density at radius 2 is 1.85 bits per heavy atom. The monoisotopic (exact) mass is 384 g/mol. The van der Waals surface area contributed by atoms with E-state index in [0.717, 1.165) is 12.1 Å². The predicted octanol–water partition coefficient (Wildman–Crippen LogP) is 5.91. The van der Waals surface area contributed by atoms with E-state index in [9.17, 15) is 13.2 Å². The van der Waals surface area contributed by atoms with Crippen molar-refractivity contribution in [3.63, 3.8) is 0 Å². The molecule has 0 aliphatic heterocycles. The van der Waals surface area contributed by atoms with Gasteiger partial charge in [-0.15, -0.1) is 0 Å². The summed E-state index contributed by atoms with van der Waals surface area (Å²) >= 11 is 14.7. The van der Waals surface area contributed by atoms with Crippen LogP contribution in [-0.2, 0) is 6.18 Å². The molecule has 2 aromatic rings. The first kappa shape index (κ1) is 15.4. The lowest BCUT2D eigenvalue weighted by Crippen LogP contribution is -2.07. The van der Waals surface area contributed by atoms with Gasteiger partial charge in [0, 0.05) is 0 Å². The van der Waals surface area contributed by atoms with Crippen molar-refractivity contribution in [3.05, 3.63) is 50.5 Å². The second-order valence-corrected chi connectivity index (χ2v) is 5.38. The molecule has 2 rings (SSSR count). The Morgan fingerprint density at radius 1 is 1.15 bits per heavy atom. The first-order valence-corrected chi connectivity index (χ1v) is 6.78. The van der Waals surface area contributed by atoms with E-state index >= 15 is 0 Å². The molecule has 2 nitrogen and oxygen atoms in total. The van der Waals surface area contributed by atoms with E-state index in [1.54, 1.807) is 18.2 Å². The minimum Gasteiger partial charge on any atom is -0.339 e. The molecule has 0 saturated carbocycles. The van der Waals surface area contributed by atoms with Crippen LogP contribution in [0.3, 0.4) is 0 Å². The van der Waals surface area contributed by atoms with Crippen LogP contribution in [0.4, 0.5) is 24.7 Å². The number of nitrogens with one attached hydrogen (secondary N) is 1. The SMILES string of the molecule is FC(F)(F)c1cc(Cl)nc(Nc2cccc(Cl)c2Br)c1. The standard InChI is InChI=1S/C12H6BrCl2F3N2/c13-11-7(14)2-1-3-8(11)19-10-5-6(12(16,17)18)4-9(15)20-10/h1-5H,(H,19,20). The molecule has 0 unspecified atom stereocenters. The fourth-order valence-corrected chi connectivity index (χ4v) is 2.21. The van der Waals surface area contributed by atoms with Crippen LogP contribution in [0.5, 0.6) is 0 Å². The Morgan fingerprint density at radius 3 is 2.50 bits per heavy atom. The fraction of sp³-hybridized carbons (Fsp3) is 0.0833. The van der Waals surface area contributed by atoms with E-state index in [0.29, 0.717) is 15.2 Å². The summed E-state index contributed by atoms with van der Waals surface area (Å²) in [6, 6.07) is 6.58. The highest BCUT2D eigenvalue weighted by molar-refractivity contribution is 9.10. The zero-order chi connectivity index (χ0) is 14.9. The van der Waals surface area contributed by atoms with E-state index in [2.05, 4.69) is 26.2 Å². The maximum Gasteiger partial charge on any atom is 0.416 e. The number of anilines is 2. The fourth-order valence-electron chi connectivity index (χ4n) is 1.46. The summed E-state index contributed by atoms with van der Waals surface area (Å²) in [6.45, 7) is 0. The largest absolute Gasteiger partial charge is 0.416 e. The highest BCUT2D eigenvalue weighted by Crippen LogP contribution is 2.35. The van der Waals surface area contributed by atoms with Crippen LogP contribution in [0.2, 0.25) is 10.2 Å². The number of hydrogen-bond acceptors (Lipinski definition) is 2. The minimum atomic E-state index is -4.49. The van der Waals surface area contributed by atoms with Crippen molar-refractivity contribution < 1.29 is 13.2 Å². The maximum absolute atomic E-state index is 12.7. The Hall–Kier alpha value is -0.980. The lowest BCUT2D eigenvalue weighted by molar-refractivity contribution is -0.137. The molecule has 1 heterocycles. The van der Waals surface area contributed by atoms with Crippen LogP contribution < -0.4 is 5.32 Å². The van der Waals surface area contributed by atoms with Crippen molar-refractivity contribution in [3.8, 4) is 0 Å². The number of aromatic nitrogens is 1. The second-order valence-electron chi connectivity index (χ2n) is 3.79. The highest BCUT2D eigenvalue weighted by atomic mass is 79.9. The van der Waals surface area contributed by atoms with Crippen LogP contribution in [0.1, 0.15) is 5.56 Å². The minimum absolute atomic E-state index is 0.0206. The van der Waals surface area contributed by atoms with Gasteiger partial charge in [0.1, 0.15) is 11.0 Å². The van der Waals surface area contributed by atoms with Gasteiger partial charge in [0.05, 0.1) is 20.7 Å². The normalized spacial score (nSPS) is 11.5. The van der Waals surface area contributed by atoms with Gasteiger partial charge in [-0.05, 0) is 40.2 Å². The van der Waals surface area contributed by atoms with Gasteiger partial charge in [-0.25, -0.2) is 4.98 Å². The number of halogens is 6. The van der Waals surface area contributed by atoms with Gasteiger partial charge in [-0.3, -0.25) is 0 Å². The summed E-state index contributed by atoms with van der Waals surface area (Å²) in [4.78, 5) is 3.80. The molecule has 1 aromatic carbocycles. The number of pyridine rings is 1. The molecule has 8 heteroatoms. The maximum atomic E-state index is 12.7. The van der Waals surface area contributed by atoms with Crippen molar-refractivity contribution in [2.75, 3.05) is 5.32 Å². The summed E-state index contributed by atoms with van der Waals surface area (Å²) in [5.41, 5.74) is -0.390. The Labute approximate surface area is 131 Å². The Bertz CT molecular complexity index is 647. The van der Waals surface area contributed by atoms with Gasteiger partial charge >= 0.3 is 6.18 Å². The molecule has 0 atom stereocenters. The predicted molar refractivity (Wildman–Crippen MR) is 76.7 cm³/mol. The zero-order valence-electron chi connectivity index (χ0n) is 9.60. The molecule has 1 N–H and O–H groups in total. The summed E-state index contributed by atoms with van der Waals surface area (Å²) in [5.74, 6) is -0.0206. The number of rotatable bonds is 2. The Balaban J connectivity index is 2.39. The molecule has 0 amide bonds. The quantitative estimate of drug-likeness (QED) is 0.649. The third-order valence-electron chi connectivity index (χ3n) is 2.34. The van der Waals surface area contributed by atoms with E-state index in [4.69, 9.17) is 23.2 Å². The van der Waals surface area contributed by atoms with Crippen molar-refractivity contribution >= 4 is 50.6 Å². The van der Waals surface area contributed by atoms with Crippen LogP contribution in [-0.4, -0.2) is 4.98 Å². The molecule has 0 fully saturated rings. The molecule has 0 aliphatic rings. The van der Waals surface area contributed by atoms with Gasteiger partial charge < -0.3 is 5.32 Å². The summed E-state index contributed by atoms with van der Waals surface area (Å²) in [6.07, 6.45) is -4.49. The highest BCUT2D eigenvalue weighted by Gasteiger charge is 2.31. The van der Waals surface area contributed by atoms with E-state index in [-0.39, 0.29) is 11.0 Å². The van der Waals surface area contributed by atoms with Crippen LogP contribution >= 0.6 is 39.1 Å². The van der Waals surface area contributed by atoms with E-state index in [1.807, 2.05) is 0 Å². The van der Waals surface area contributed by atoms with Crippen molar-refractivity contribution in [1.29, 1.82) is 0 Å². The summed E-state index contributed by atoms with van der Waals surface area (Å²) in [5, 5.41) is 2.91. The zero-order valence-corrected chi connectivity index (χ0v) is 12.7. The molecule has 0 saturated heterocycles. The van der Waals surface area contributed by atoms with Crippen LogP contribution in [0.25, 0.3) is 0 Å². The molecule has 0 spiro atoms. The van der Waals surface area contributed by atoms with E-state index < -0.39 is 11.7 Å². The van der Waals surface area contributed by atoms with Crippen LogP contribution in [0, 0.1) is 0 Å². The number of hydrogen-bond donors (Lipinski definition) is 1. The molecule has 106 valence electrons. The van der Waals surface area contributed by atoms with Gasteiger partial charge in [0.25, 0.3) is 0 Å². The summed E-state index contributed by atoms with van der Waals surface area (Å²) < 4.78 is 38.6. The average Bonchev–Trinajstić information content (AvgIpc) is 2.33. The number of nitrogens with zero attached hydrogens (tertiary/aromatic N) is 1. The first-order chi connectivity index (χ1) is 9.27. The lowest BCUT2D eigenvalue weighted by Gasteiger charge is -2.12. The van der Waals surface area contributed by atoms with Gasteiger partial charge in [-0.1, -0.05) is 29.3 Å². The third kappa shape index (κ3) is 3.56. The van der Waals surface area contributed by atoms with Gasteiger partial charge in [0.2, 0.25) is 0 Å². The Kier molecular flexibility index (Phi) is 4.46. The summed E-state index contributed by atoms with van der Waals surface area (Å²) in [7, 11) is 0. The van der Waals surface area contributed by atoms with Crippen molar-refractivity contribution in [2.45, 2.75) is 6.18 Å². The third-order valence-corrected chi connectivity index (χ3v) is 3.93. The topological polar surface area (TPSA) is 24.9 Å². The molecule has 20 heavy (non-hydrogen) atoms. The molecule has 0 bridgehead atoms. The first-order valence-electron chi connectivity index (χ1n) is 5.23. The van der Waals surface area contributed by atoms with Gasteiger partial charge in [0.15, 0.2) is 0 Å². The second kappa shape index (κ2) is 5.79. The molecule has 0 aliphatic carbocycles. The van der Waals surface area contributed by atoms with Crippen molar-refractivity contribution in [2.24, 2.45) is 0 Å².